The smallest absolute Gasteiger partial charge is 0.268 e. The van der Waals surface area contributed by atoms with Gasteiger partial charge in [0, 0.05) is 0 Å². The summed E-state index contributed by atoms with van der Waals surface area (Å²) in [7, 11) is -11.8. The average molecular weight is 464 g/mol. The second kappa shape index (κ2) is 7.88. The Morgan fingerprint density at radius 1 is 0.655 bits per heavy atom. The molecule has 156 valence electrons. The van der Waals surface area contributed by atoms with Gasteiger partial charge < -0.3 is 0 Å². The molecule has 2 heterocycles. The van der Waals surface area contributed by atoms with Gasteiger partial charge in [0.05, 0.1) is 11.1 Å². The maximum atomic E-state index is 11.1. The highest BCUT2D eigenvalue weighted by molar-refractivity contribution is 7.91. The second-order valence-corrected chi connectivity index (χ2v) is 9.51. The average Bonchev–Trinajstić information content (AvgIpc) is 2.97. The summed E-state index contributed by atoms with van der Waals surface area (Å²) in [6, 6.07) is 12.2. The molecule has 29 heavy (non-hydrogen) atoms. The van der Waals surface area contributed by atoms with E-state index in [2.05, 4.69) is 0 Å². The van der Waals surface area contributed by atoms with Crippen LogP contribution < -0.4 is 9.44 Å². The van der Waals surface area contributed by atoms with E-state index < -0.39 is 42.3 Å². The lowest BCUT2D eigenvalue weighted by atomic mass is 10.2. The molecular weight excluding hydrogens is 452 g/mol. The molecule has 15 heteroatoms. The number of nitrogens with one attached hydrogen (secondary N) is 2. The third kappa shape index (κ3) is 5.58. The topological polar surface area (TPSA) is 201 Å². The van der Waals surface area contributed by atoms with Crippen LogP contribution in [0.1, 0.15) is 20.7 Å². The Morgan fingerprint density at radius 3 is 1.21 bits per heavy atom. The van der Waals surface area contributed by atoms with E-state index in [1.807, 2.05) is 9.44 Å². The molecule has 0 aromatic heterocycles. The van der Waals surface area contributed by atoms with Crippen LogP contribution in [0.25, 0.3) is 0 Å². The molecule has 2 aromatic carbocycles. The lowest BCUT2D eigenvalue weighted by Gasteiger charge is -1.91. The van der Waals surface area contributed by atoms with Crippen LogP contribution in [-0.4, -0.2) is 46.2 Å². The zero-order valence-corrected chi connectivity index (χ0v) is 16.5. The second-order valence-electron chi connectivity index (χ2n) is 5.31. The van der Waals surface area contributed by atoms with Crippen molar-refractivity contribution < 1.29 is 43.9 Å². The number of sulfonamides is 2. The van der Waals surface area contributed by atoms with Gasteiger partial charge in [-0.1, -0.05) is 24.3 Å². The third-order valence-electron chi connectivity index (χ3n) is 3.30. The van der Waals surface area contributed by atoms with E-state index in [1.165, 1.54) is 24.3 Å². The maximum Gasteiger partial charge on any atom is 0.394 e. The molecule has 12 nitrogen and oxygen atoms in total. The molecule has 2 aliphatic rings. The number of rotatable bonds is 0. The maximum absolute atomic E-state index is 11.1. The Bertz CT molecular complexity index is 1200. The Balaban J connectivity index is 0.000000170. The normalized spacial score (nSPS) is 17.3. The highest BCUT2D eigenvalue weighted by Gasteiger charge is 2.32. The predicted molar refractivity (Wildman–Crippen MR) is 96.4 cm³/mol. The summed E-state index contributed by atoms with van der Waals surface area (Å²) in [5.41, 5.74) is 0.440. The summed E-state index contributed by atoms with van der Waals surface area (Å²) in [4.78, 5) is 22.1. The van der Waals surface area contributed by atoms with Crippen LogP contribution in [0.5, 0.6) is 0 Å². The molecule has 2 aromatic rings. The van der Waals surface area contributed by atoms with E-state index in [1.54, 1.807) is 24.3 Å². The number of carbonyl (C=O) groups is 2. The van der Waals surface area contributed by atoms with E-state index in [0.717, 1.165) is 0 Å². The van der Waals surface area contributed by atoms with Crippen LogP contribution in [0.3, 0.4) is 0 Å². The van der Waals surface area contributed by atoms with Crippen molar-refractivity contribution in [3.8, 4) is 0 Å². The van der Waals surface area contributed by atoms with Gasteiger partial charge >= 0.3 is 10.4 Å². The molecule has 0 spiro atoms. The largest absolute Gasteiger partial charge is 0.394 e. The fourth-order valence-corrected chi connectivity index (χ4v) is 4.59. The quantitative estimate of drug-likeness (QED) is 0.371. The van der Waals surface area contributed by atoms with E-state index in [4.69, 9.17) is 17.5 Å². The number of benzene rings is 2. The van der Waals surface area contributed by atoms with E-state index in [9.17, 15) is 26.4 Å². The van der Waals surface area contributed by atoms with E-state index in [-0.39, 0.29) is 20.9 Å². The van der Waals surface area contributed by atoms with Gasteiger partial charge in [-0.2, -0.15) is 8.42 Å². The molecule has 0 unspecified atom stereocenters. The van der Waals surface area contributed by atoms with Gasteiger partial charge in [0.1, 0.15) is 9.79 Å². The van der Waals surface area contributed by atoms with Gasteiger partial charge in [-0.3, -0.25) is 18.7 Å². The van der Waals surface area contributed by atoms with Crippen molar-refractivity contribution in [2.24, 2.45) is 0 Å². The van der Waals surface area contributed by atoms with Crippen molar-refractivity contribution in [3.05, 3.63) is 59.7 Å². The highest BCUT2D eigenvalue weighted by atomic mass is 32.3. The van der Waals surface area contributed by atoms with Crippen LogP contribution in [-0.2, 0) is 30.4 Å². The molecule has 4 N–H and O–H groups in total. The van der Waals surface area contributed by atoms with Crippen molar-refractivity contribution in [1.29, 1.82) is 0 Å². The van der Waals surface area contributed by atoms with Crippen LogP contribution in [0.2, 0.25) is 0 Å². The summed E-state index contributed by atoms with van der Waals surface area (Å²) in [5.74, 6) is -1.10. The molecule has 0 saturated heterocycles. The molecule has 0 saturated carbocycles. The molecule has 0 radical (unpaired) electrons. The van der Waals surface area contributed by atoms with Gasteiger partial charge in [-0.05, 0) is 24.3 Å². The van der Waals surface area contributed by atoms with Crippen molar-refractivity contribution in [2.45, 2.75) is 9.79 Å². The van der Waals surface area contributed by atoms with E-state index in [0.29, 0.717) is 0 Å². The standard InChI is InChI=1S/2C7H5NO3S.H2O4S/c2*9-7-5-3-1-2-4-6(5)12(10,11)8-7;1-5(2,3)4/h2*1-4H,(H,8,9);(H2,1,2,3,4). The highest BCUT2D eigenvalue weighted by Crippen LogP contribution is 2.21. The number of hydrogen-bond donors (Lipinski definition) is 4. The summed E-state index contributed by atoms with van der Waals surface area (Å²) < 4.78 is 79.9. The van der Waals surface area contributed by atoms with Gasteiger partial charge in [-0.25, -0.2) is 26.3 Å². The van der Waals surface area contributed by atoms with Gasteiger partial charge in [0.15, 0.2) is 0 Å². The molecule has 2 aliphatic heterocycles. The summed E-state index contributed by atoms with van der Waals surface area (Å²) in [5, 5.41) is 0. The van der Waals surface area contributed by atoms with Crippen molar-refractivity contribution in [1.82, 2.24) is 9.44 Å². The Hall–Kier alpha value is -2.85. The SMILES string of the molecule is O=C1NS(=O)(=O)c2ccccc21.O=C1NS(=O)(=O)c2ccccc21.O=S(=O)(O)O. The van der Waals surface area contributed by atoms with Crippen molar-refractivity contribution in [3.63, 3.8) is 0 Å². The molecule has 0 aliphatic carbocycles. The molecule has 4 rings (SSSR count). The number of fused-ring (bicyclic) bond motifs is 2. The first kappa shape index (κ1) is 22.4. The lowest BCUT2D eigenvalue weighted by molar-refractivity contribution is 0.0976. The minimum atomic E-state index is -4.67. The Morgan fingerprint density at radius 2 is 0.931 bits per heavy atom. The molecule has 0 atom stereocenters. The fraction of sp³-hybridized carbons (Fsp3) is 0. The summed E-state index contributed by atoms with van der Waals surface area (Å²) in [6.07, 6.45) is 0. The van der Waals surface area contributed by atoms with Crippen LogP contribution in [0.4, 0.5) is 0 Å². The molecular formula is C14H12N2O10S3. The number of carbonyl (C=O) groups excluding carboxylic acids is 2. The lowest BCUT2D eigenvalue weighted by Crippen LogP contribution is -2.20. The minimum Gasteiger partial charge on any atom is -0.268 e. The fourth-order valence-electron chi connectivity index (χ4n) is 2.24. The Kier molecular flexibility index (Phi) is 6.10. The summed E-state index contributed by atoms with van der Waals surface area (Å²) in [6.45, 7) is 0. The monoisotopic (exact) mass is 464 g/mol. The van der Waals surface area contributed by atoms with Crippen LogP contribution >= 0.6 is 0 Å². The van der Waals surface area contributed by atoms with Crippen molar-refractivity contribution in [2.75, 3.05) is 0 Å². The number of amides is 2. The molecule has 0 bridgehead atoms. The third-order valence-corrected chi connectivity index (χ3v) is 6.07. The first-order chi connectivity index (χ1) is 13.2. The predicted octanol–water partition coefficient (Wildman–Crippen LogP) is -0.415. The van der Waals surface area contributed by atoms with Crippen LogP contribution in [0, 0.1) is 0 Å². The minimum absolute atomic E-state index is 0.0648. The number of hydrogen-bond acceptors (Lipinski definition) is 8. The zero-order chi connectivity index (χ0) is 22.0. The molecule has 2 amide bonds. The zero-order valence-electron chi connectivity index (χ0n) is 14.0. The summed E-state index contributed by atoms with van der Waals surface area (Å²) >= 11 is 0. The first-order valence-corrected chi connectivity index (χ1v) is 11.6. The van der Waals surface area contributed by atoms with Gasteiger partial charge in [-0.15, -0.1) is 0 Å². The van der Waals surface area contributed by atoms with Crippen LogP contribution in [0.15, 0.2) is 58.3 Å². The van der Waals surface area contributed by atoms with Gasteiger partial charge in [0.25, 0.3) is 31.9 Å². The van der Waals surface area contributed by atoms with E-state index >= 15 is 0 Å². The Labute approximate surface area is 165 Å². The van der Waals surface area contributed by atoms with Gasteiger partial charge in [0.2, 0.25) is 0 Å². The first-order valence-electron chi connectivity index (χ1n) is 7.24. The van der Waals surface area contributed by atoms with Crippen molar-refractivity contribution >= 4 is 42.3 Å². The molecule has 0 fully saturated rings.